The summed E-state index contributed by atoms with van der Waals surface area (Å²) in [6.07, 6.45) is 5.49. The second kappa shape index (κ2) is 11.1. The van der Waals surface area contributed by atoms with Gasteiger partial charge in [0.25, 0.3) is 0 Å². The number of hydrogen-bond acceptors (Lipinski definition) is 5. The molecule has 3 N–H and O–H groups in total. The largest absolute Gasteiger partial charge is 0.354 e. The van der Waals surface area contributed by atoms with Gasteiger partial charge in [-0.15, -0.1) is 37.2 Å². The molecule has 0 unspecified atom stereocenters. The lowest BCUT2D eigenvalue weighted by molar-refractivity contribution is -0.126. The van der Waals surface area contributed by atoms with E-state index in [4.69, 9.17) is 5.73 Å². The molecule has 0 atom stereocenters. The fourth-order valence-corrected chi connectivity index (χ4v) is 3.46. The smallest absolute Gasteiger partial charge is 0.240 e. The molecular formula is C17H30Cl3N5O. The number of rotatable bonds is 4. The number of amides is 1. The zero-order valence-electron chi connectivity index (χ0n) is 15.1. The van der Waals surface area contributed by atoms with Crippen LogP contribution in [0.4, 0.5) is 5.82 Å². The summed E-state index contributed by atoms with van der Waals surface area (Å²) in [6.45, 7) is 4.50. The topological polar surface area (TPSA) is 74.5 Å². The van der Waals surface area contributed by atoms with Gasteiger partial charge in [0.2, 0.25) is 5.91 Å². The van der Waals surface area contributed by atoms with Crippen molar-refractivity contribution in [2.45, 2.75) is 37.8 Å². The summed E-state index contributed by atoms with van der Waals surface area (Å²) < 4.78 is 0. The van der Waals surface area contributed by atoms with E-state index in [-0.39, 0.29) is 43.1 Å². The van der Waals surface area contributed by atoms with Crippen LogP contribution in [0.25, 0.3) is 0 Å². The van der Waals surface area contributed by atoms with E-state index in [9.17, 15) is 4.79 Å². The van der Waals surface area contributed by atoms with E-state index >= 15 is 0 Å². The van der Waals surface area contributed by atoms with E-state index in [1.807, 2.05) is 18.3 Å². The first-order valence-corrected chi connectivity index (χ1v) is 8.53. The quantitative estimate of drug-likeness (QED) is 0.770. The van der Waals surface area contributed by atoms with Gasteiger partial charge in [0.15, 0.2) is 0 Å². The fourth-order valence-electron chi connectivity index (χ4n) is 3.46. The number of aromatic nitrogens is 1. The highest BCUT2D eigenvalue weighted by atomic mass is 35.5. The van der Waals surface area contributed by atoms with Crippen molar-refractivity contribution in [3.05, 3.63) is 23.9 Å². The minimum Gasteiger partial charge on any atom is -0.354 e. The lowest BCUT2D eigenvalue weighted by atomic mass is 9.98. The van der Waals surface area contributed by atoms with Gasteiger partial charge in [0, 0.05) is 44.5 Å². The van der Waals surface area contributed by atoms with E-state index in [2.05, 4.69) is 27.1 Å². The summed E-state index contributed by atoms with van der Waals surface area (Å²) in [7, 11) is 2.14. The number of carbonyl (C=O) groups is 1. The van der Waals surface area contributed by atoms with Gasteiger partial charge in [-0.25, -0.2) is 4.98 Å². The number of carbonyl (C=O) groups excluding carboxylic acids is 1. The minimum atomic E-state index is -0.670. The van der Waals surface area contributed by atoms with Gasteiger partial charge in [0.1, 0.15) is 5.82 Å². The third-order valence-corrected chi connectivity index (χ3v) is 5.06. The van der Waals surface area contributed by atoms with Crippen molar-refractivity contribution < 1.29 is 4.79 Å². The molecule has 9 heteroatoms. The Labute approximate surface area is 174 Å². The minimum absolute atomic E-state index is 0. The fraction of sp³-hybridized carbons (Fsp3) is 0.647. The van der Waals surface area contributed by atoms with Gasteiger partial charge in [-0.1, -0.05) is 18.9 Å². The molecule has 2 fully saturated rings. The lowest BCUT2D eigenvalue weighted by Gasteiger charge is -2.34. The van der Waals surface area contributed by atoms with Gasteiger partial charge < -0.3 is 20.9 Å². The van der Waals surface area contributed by atoms with Crippen LogP contribution in [0.3, 0.4) is 0 Å². The number of nitrogens with one attached hydrogen (secondary N) is 1. The molecule has 0 aromatic carbocycles. The number of piperazine rings is 1. The number of pyridine rings is 1. The summed E-state index contributed by atoms with van der Waals surface area (Å²) in [6, 6.07) is 3.97. The summed E-state index contributed by atoms with van der Waals surface area (Å²) in [5.74, 6) is 0.960. The van der Waals surface area contributed by atoms with Crippen LogP contribution in [-0.2, 0) is 11.3 Å². The Balaban J connectivity index is 0.00000208. The second-order valence-corrected chi connectivity index (χ2v) is 6.82. The first kappa shape index (κ1) is 25.2. The highest BCUT2D eigenvalue weighted by Gasteiger charge is 2.36. The lowest BCUT2D eigenvalue weighted by Crippen LogP contribution is -2.51. The molecule has 3 rings (SSSR count). The molecule has 0 bridgehead atoms. The summed E-state index contributed by atoms with van der Waals surface area (Å²) in [5, 5.41) is 3.03. The second-order valence-electron chi connectivity index (χ2n) is 6.82. The third-order valence-electron chi connectivity index (χ3n) is 5.06. The monoisotopic (exact) mass is 425 g/mol. The van der Waals surface area contributed by atoms with E-state index in [0.29, 0.717) is 6.54 Å². The Kier molecular flexibility index (Phi) is 10.8. The average Bonchev–Trinajstić information content (AvgIpc) is 3.02. The number of nitrogens with zero attached hydrogens (tertiary/aromatic N) is 3. The third kappa shape index (κ3) is 5.86. The highest BCUT2D eigenvalue weighted by Crippen LogP contribution is 2.27. The molecule has 2 aliphatic rings. The van der Waals surface area contributed by atoms with Crippen LogP contribution < -0.4 is 16.0 Å². The molecule has 6 nitrogen and oxygen atoms in total. The van der Waals surface area contributed by atoms with Crippen molar-refractivity contribution in [2.75, 3.05) is 38.1 Å². The standard InChI is InChI=1S/C17H27N5O.3ClH/c1-21-9-11-22(12-10-21)15-14(5-4-8-19-15)13-20-16(23)17(18)6-2-3-7-17;;;/h4-5,8H,2-3,6-7,9-13,18H2,1H3,(H,20,23);3*1H. The number of likely N-dealkylation sites (N-methyl/N-ethyl adjacent to an activating group) is 1. The molecule has 1 saturated heterocycles. The van der Waals surface area contributed by atoms with Crippen LogP contribution in [-0.4, -0.2) is 54.6 Å². The first-order valence-electron chi connectivity index (χ1n) is 8.53. The van der Waals surface area contributed by atoms with Crippen LogP contribution in [0.5, 0.6) is 0 Å². The molecule has 2 heterocycles. The number of nitrogens with two attached hydrogens (primary N) is 1. The van der Waals surface area contributed by atoms with E-state index in [1.165, 1.54) is 0 Å². The maximum Gasteiger partial charge on any atom is 0.240 e. The van der Waals surface area contributed by atoms with Gasteiger partial charge in [0.05, 0.1) is 5.54 Å². The zero-order chi connectivity index (χ0) is 16.3. The van der Waals surface area contributed by atoms with Crippen molar-refractivity contribution in [1.82, 2.24) is 15.2 Å². The van der Waals surface area contributed by atoms with E-state index in [0.717, 1.165) is 63.2 Å². The van der Waals surface area contributed by atoms with Gasteiger partial charge in [-0.3, -0.25) is 4.79 Å². The molecule has 1 saturated carbocycles. The maximum absolute atomic E-state index is 12.4. The SMILES string of the molecule is CN1CCN(c2ncccc2CNC(=O)C2(N)CCCC2)CC1.Cl.Cl.Cl. The summed E-state index contributed by atoms with van der Waals surface area (Å²) in [4.78, 5) is 21.6. The van der Waals surface area contributed by atoms with Gasteiger partial charge in [-0.05, 0) is 26.0 Å². The van der Waals surface area contributed by atoms with E-state index in [1.54, 1.807) is 0 Å². The van der Waals surface area contributed by atoms with E-state index < -0.39 is 5.54 Å². The zero-order valence-corrected chi connectivity index (χ0v) is 17.6. The van der Waals surface area contributed by atoms with Crippen molar-refractivity contribution >= 4 is 48.9 Å². The Hall–Kier alpha value is -0.790. The van der Waals surface area contributed by atoms with Crippen molar-refractivity contribution in [2.24, 2.45) is 5.73 Å². The Morgan fingerprint density at radius 1 is 1.19 bits per heavy atom. The summed E-state index contributed by atoms with van der Waals surface area (Å²) in [5.41, 5.74) is 6.61. The number of anilines is 1. The Morgan fingerprint density at radius 2 is 1.81 bits per heavy atom. The number of halogens is 3. The normalized spacial score (nSPS) is 18.9. The molecule has 1 aliphatic carbocycles. The predicted molar refractivity (Wildman–Crippen MR) is 113 cm³/mol. The first-order chi connectivity index (χ1) is 11.1. The van der Waals surface area contributed by atoms with Crippen molar-refractivity contribution in [3.8, 4) is 0 Å². The van der Waals surface area contributed by atoms with Crippen LogP contribution in [0, 0.1) is 0 Å². The molecule has 1 aromatic heterocycles. The number of hydrogen-bond donors (Lipinski definition) is 2. The molecule has 0 radical (unpaired) electrons. The van der Waals surface area contributed by atoms with Crippen LogP contribution in [0.15, 0.2) is 18.3 Å². The van der Waals surface area contributed by atoms with Crippen LogP contribution >= 0.6 is 37.2 Å². The molecule has 1 amide bonds. The molecule has 0 spiro atoms. The predicted octanol–water partition coefficient (Wildman–Crippen LogP) is 1.99. The average molecular weight is 427 g/mol. The maximum atomic E-state index is 12.4. The van der Waals surface area contributed by atoms with Crippen LogP contribution in [0.1, 0.15) is 31.2 Å². The molecule has 1 aliphatic heterocycles. The Morgan fingerprint density at radius 3 is 2.42 bits per heavy atom. The Bertz CT molecular complexity index is 561. The molecule has 150 valence electrons. The van der Waals surface area contributed by atoms with Gasteiger partial charge in [-0.2, -0.15) is 0 Å². The molecule has 26 heavy (non-hydrogen) atoms. The van der Waals surface area contributed by atoms with Crippen LogP contribution in [0.2, 0.25) is 0 Å². The van der Waals surface area contributed by atoms with Gasteiger partial charge >= 0.3 is 0 Å². The molecule has 1 aromatic rings. The van der Waals surface area contributed by atoms with Crippen molar-refractivity contribution in [3.63, 3.8) is 0 Å². The molecular weight excluding hydrogens is 397 g/mol. The highest BCUT2D eigenvalue weighted by molar-refractivity contribution is 5.86. The summed E-state index contributed by atoms with van der Waals surface area (Å²) >= 11 is 0. The van der Waals surface area contributed by atoms with Crippen molar-refractivity contribution in [1.29, 1.82) is 0 Å².